The standard InChI is InChI=1S/C17H16Br2N2O2S/c1-2-21(13-6-4-3-5-7-13)17(24)20-16(22)11-23-15-9-8-12(18)10-14(15)19/h3-10H,2,11H2,1H3,(H,20,22,24). The van der Waals surface area contributed by atoms with Crippen LogP contribution in [0, 0.1) is 0 Å². The molecule has 24 heavy (non-hydrogen) atoms. The minimum absolute atomic E-state index is 0.118. The molecule has 1 N–H and O–H groups in total. The van der Waals surface area contributed by atoms with Gasteiger partial charge in [-0.05, 0) is 65.4 Å². The van der Waals surface area contributed by atoms with Crippen molar-refractivity contribution in [2.75, 3.05) is 18.1 Å². The number of benzene rings is 2. The molecule has 0 atom stereocenters. The van der Waals surface area contributed by atoms with Crippen molar-refractivity contribution in [1.29, 1.82) is 0 Å². The van der Waals surface area contributed by atoms with E-state index in [9.17, 15) is 4.79 Å². The molecule has 0 heterocycles. The number of thiocarbonyl (C=S) groups is 1. The lowest BCUT2D eigenvalue weighted by molar-refractivity contribution is -0.121. The molecule has 0 unspecified atom stereocenters. The number of anilines is 1. The maximum atomic E-state index is 12.1. The molecule has 4 nitrogen and oxygen atoms in total. The number of nitrogens with zero attached hydrogens (tertiary/aromatic N) is 1. The minimum Gasteiger partial charge on any atom is -0.483 e. The fourth-order valence-electron chi connectivity index (χ4n) is 2.01. The Bertz CT molecular complexity index is 726. The zero-order chi connectivity index (χ0) is 17.5. The highest BCUT2D eigenvalue weighted by molar-refractivity contribution is 9.11. The topological polar surface area (TPSA) is 41.6 Å². The molecule has 0 fully saturated rings. The number of carbonyl (C=O) groups excluding carboxylic acids is 1. The molecule has 0 bridgehead atoms. The molecule has 0 saturated heterocycles. The average molecular weight is 472 g/mol. The van der Waals surface area contributed by atoms with E-state index < -0.39 is 0 Å². The smallest absolute Gasteiger partial charge is 0.264 e. The molecule has 0 radical (unpaired) electrons. The van der Waals surface area contributed by atoms with Crippen LogP contribution < -0.4 is 15.0 Å². The molecule has 2 aromatic carbocycles. The van der Waals surface area contributed by atoms with Crippen molar-refractivity contribution in [2.45, 2.75) is 6.92 Å². The summed E-state index contributed by atoms with van der Waals surface area (Å²) >= 11 is 12.1. The molecule has 7 heteroatoms. The second kappa shape index (κ2) is 9.15. The lowest BCUT2D eigenvalue weighted by Gasteiger charge is -2.23. The third-order valence-electron chi connectivity index (χ3n) is 3.13. The molecule has 2 rings (SSSR count). The van der Waals surface area contributed by atoms with Crippen molar-refractivity contribution < 1.29 is 9.53 Å². The first-order valence-electron chi connectivity index (χ1n) is 7.25. The fourth-order valence-corrected chi connectivity index (χ4v) is 3.52. The van der Waals surface area contributed by atoms with Gasteiger partial charge in [-0.15, -0.1) is 0 Å². The fraction of sp³-hybridized carbons (Fsp3) is 0.176. The highest BCUT2D eigenvalue weighted by Crippen LogP contribution is 2.28. The quantitative estimate of drug-likeness (QED) is 0.651. The monoisotopic (exact) mass is 470 g/mol. The number of carbonyl (C=O) groups is 1. The van der Waals surface area contributed by atoms with E-state index in [1.165, 1.54) is 0 Å². The highest BCUT2D eigenvalue weighted by atomic mass is 79.9. The number of nitrogens with one attached hydrogen (secondary N) is 1. The molecular formula is C17H16Br2N2O2S. The van der Waals surface area contributed by atoms with Crippen LogP contribution in [0.4, 0.5) is 5.69 Å². The van der Waals surface area contributed by atoms with Gasteiger partial charge in [0.25, 0.3) is 5.91 Å². The Hall–Kier alpha value is -1.44. The van der Waals surface area contributed by atoms with Crippen molar-refractivity contribution in [3.63, 3.8) is 0 Å². The Balaban J connectivity index is 1.92. The summed E-state index contributed by atoms with van der Waals surface area (Å²) in [6.45, 7) is 2.51. The Morgan fingerprint density at radius 2 is 1.92 bits per heavy atom. The normalized spacial score (nSPS) is 10.1. The summed E-state index contributed by atoms with van der Waals surface area (Å²) in [6.07, 6.45) is 0. The number of rotatable bonds is 5. The van der Waals surface area contributed by atoms with Gasteiger partial charge in [0.2, 0.25) is 0 Å². The van der Waals surface area contributed by atoms with E-state index in [1.807, 2.05) is 54.3 Å². The van der Waals surface area contributed by atoms with Crippen molar-refractivity contribution >= 4 is 60.8 Å². The number of hydrogen-bond acceptors (Lipinski definition) is 3. The lowest BCUT2D eigenvalue weighted by atomic mass is 10.3. The number of halogens is 2. The third kappa shape index (κ3) is 5.29. The van der Waals surface area contributed by atoms with Crippen molar-refractivity contribution in [3.05, 3.63) is 57.5 Å². The van der Waals surface area contributed by atoms with E-state index in [4.69, 9.17) is 17.0 Å². The number of para-hydroxylation sites is 1. The third-order valence-corrected chi connectivity index (χ3v) is 4.56. The van der Waals surface area contributed by atoms with Crippen LogP contribution in [0.15, 0.2) is 57.5 Å². The Morgan fingerprint density at radius 1 is 1.21 bits per heavy atom. The Kier molecular flexibility index (Phi) is 7.20. The van der Waals surface area contributed by atoms with E-state index in [1.54, 1.807) is 6.07 Å². The van der Waals surface area contributed by atoms with E-state index in [2.05, 4.69) is 37.2 Å². The van der Waals surface area contributed by atoms with Crippen molar-refractivity contribution in [3.8, 4) is 5.75 Å². The predicted molar refractivity (Wildman–Crippen MR) is 108 cm³/mol. The van der Waals surface area contributed by atoms with Gasteiger partial charge in [-0.2, -0.15) is 0 Å². The van der Waals surface area contributed by atoms with E-state index in [0.717, 1.165) is 14.6 Å². The van der Waals surface area contributed by atoms with Gasteiger partial charge >= 0.3 is 0 Å². The van der Waals surface area contributed by atoms with Crippen molar-refractivity contribution in [2.24, 2.45) is 0 Å². The molecular weight excluding hydrogens is 456 g/mol. The average Bonchev–Trinajstić information content (AvgIpc) is 2.55. The SMILES string of the molecule is CCN(C(=S)NC(=O)COc1ccc(Br)cc1Br)c1ccccc1. The van der Waals surface area contributed by atoms with Crippen LogP contribution in [0.3, 0.4) is 0 Å². The Morgan fingerprint density at radius 3 is 2.54 bits per heavy atom. The molecule has 0 spiro atoms. The summed E-state index contributed by atoms with van der Waals surface area (Å²) in [5, 5.41) is 3.05. The first kappa shape index (κ1) is 18.9. The van der Waals surface area contributed by atoms with Gasteiger partial charge in [0.1, 0.15) is 5.75 Å². The molecule has 1 amide bonds. The summed E-state index contributed by atoms with van der Waals surface area (Å²) in [6, 6.07) is 15.1. The summed E-state index contributed by atoms with van der Waals surface area (Å²) in [5.41, 5.74) is 0.932. The first-order chi connectivity index (χ1) is 11.5. The molecule has 0 aliphatic carbocycles. The van der Waals surface area contributed by atoms with Gasteiger partial charge in [-0.1, -0.05) is 34.1 Å². The van der Waals surface area contributed by atoms with Gasteiger partial charge in [0, 0.05) is 16.7 Å². The summed E-state index contributed by atoms with van der Waals surface area (Å²) in [5.74, 6) is 0.291. The van der Waals surface area contributed by atoms with Crippen LogP contribution in [0.5, 0.6) is 5.75 Å². The maximum Gasteiger partial charge on any atom is 0.264 e. The zero-order valence-corrected chi connectivity index (χ0v) is 16.9. The summed E-state index contributed by atoms with van der Waals surface area (Å²) in [7, 11) is 0. The maximum absolute atomic E-state index is 12.1. The van der Waals surface area contributed by atoms with Gasteiger partial charge < -0.3 is 9.64 Å². The second-order valence-corrected chi connectivity index (χ2v) is 6.95. The number of amides is 1. The Labute approximate surface area is 163 Å². The second-order valence-electron chi connectivity index (χ2n) is 4.80. The van der Waals surface area contributed by atoms with Gasteiger partial charge in [0.05, 0.1) is 4.47 Å². The van der Waals surface area contributed by atoms with Crippen LogP contribution in [-0.2, 0) is 4.79 Å². The van der Waals surface area contributed by atoms with E-state index in [0.29, 0.717) is 17.4 Å². The minimum atomic E-state index is -0.302. The molecule has 0 aromatic heterocycles. The molecule has 0 saturated carbocycles. The van der Waals surface area contributed by atoms with Crippen molar-refractivity contribution in [1.82, 2.24) is 5.32 Å². The first-order valence-corrected chi connectivity index (χ1v) is 9.25. The molecule has 126 valence electrons. The van der Waals surface area contributed by atoms with Gasteiger partial charge in [-0.3, -0.25) is 10.1 Å². The molecule has 0 aliphatic heterocycles. The highest BCUT2D eigenvalue weighted by Gasteiger charge is 2.13. The van der Waals surface area contributed by atoms with Crippen LogP contribution in [0.25, 0.3) is 0 Å². The molecule has 0 aliphatic rings. The van der Waals surface area contributed by atoms with E-state index >= 15 is 0 Å². The van der Waals surface area contributed by atoms with Crippen LogP contribution in [0.2, 0.25) is 0 Å². The largest absolute Gasteiger partial charge is 0.483 e. The van der Waals surface area contributed by atoms with Crippen LogP contribution in [-0.4, -0.2) is 24.2 Å². The lowest BCUT2D eigenvalue weighted by Crippen LogP contribution is -2.44. The van der Waals surface area contributed by atoms with Gasteiger partial charge in [0.15, 0.2) is 11.7 Å². The predicted octanol–water partition coefficient (Wildman–Crippen LogP) is 4.52. The summed E-state index contributed by atoms with van der Waals surface area (Å²) in [4.78, 5) is 13.9. The molecule has 2 aromatic rings. The van der Waals surface area contributed by atoms with Gasteiger partial charge in [-0.25, -0.2) is 0 Å². The zero-order valence-electron chi connectivity index (χ0n) is 13.0. The van der Waals surface area contributed by atoms with Crippen LogP contribution >= 0.6 is 44.1 Å². The summed E-state index contributed by atoms with van der Waals surface area (Å²) < 4.78 is 7.21. The number of ether oxygens (including phenoxy) is 1. The number of hydrogen-bond donors (Lipinski definition) is 1. The van der Waals surface area contributed by atoms with E-state index in [-0.39, 0.29) is 12.5 Å². The van der Waals surface area contributed by atoms with Crippen LogP contribution in [0.1, 0.15) is 6.92 Å².